The van der Waals surface area contributed by atoms with E-state index in [1.807, 2.05) is 0 Å². The molecule has 0 amide bonds. The summed E-state index contributed by atoms with van der Waals surface area (Å²) in [6.07, 6.45) is -2.36. The molecule has 0 bridgehead atoms. The van der Waals surface area contributed by atoms with Crippen LogP contribution in [-0.2, 0) is 15.7 Å². The number of hydrogen-bond acceptors (Lipinski definition) is 3. The fourth-order valence-corrected chi connectivity index (χ4v) is 1.18. The summed E-state index contributed by atoms with van der Waals surface area (Å²) in [7, 11) is 1.17. The average Bonchev–Trinajstić information content (AvgIpc) is 2.33. The van der Waals surface area contributed by atoms with Gasteiger partial charge in [-0.3, -0.25) is 0 Å². The molecule has 98 valence electrons. The molecule has 0 aliphatic carbocycles. The number of ether oxygens (including phenoxy) is 2. The summed E-state index contributed by atoms with van der Waals surface area (Å²) in [6.45, 7) is -0.0665. The number of carbonyl (C=O) groups excluding carboxylic acids is 1. The second-order valence-electron chi connectivity index (χ2n) is 3.29. The Morgan fingerprint density at radius 1 is 1.39 bits per heavy atom. The fourth-order valence-electron chi connectivity index (χ4n) is 1.18. The molecule has 1 aromatic carbocycles. The predicted octanol–water partition coefficient (Wildman–Crippen LogP) is 3.50. The van der Waals surface area contributed by atoms with Crippen molar-refractivity contribution in [2.75, 3.05) is 13.7 Å². The monoisotopic (exact) mass is 260 g/mol. The number of rotatable bonds is 3. The first-order valence-electron chi connectivity index (χ1n) is 4.98. The average molecular weight is 260 g/mol. The molecular weight excluding hydrogens is 249 g/mol. The Morgan fingerprint density at radius 3 is 2.72 bits per heavy atom. The van der Waals surface area contributed by atoms with E-state index >= 15 is 0 Å². The van der Waals surface area contributed by atoms with Crippen LogP contribution < -0.4 is 0 Å². The van der Waals surface area contributed by atoms with E-state index in [-0.39, 0.29) is 6.61 Å². The van der Waals surface area contributed by atoms with Crippen molar-refractivity contribution in [1.29, 1.82) is 0 Å². The summed E-state index contributed by atoms with van der Waals surface area (Å²) in [5.41, 5.74) is -0.350. The molecule has 6 heteroatoms. The van der Waals surface area contributed by atoms with Gasteiger partial charge in [-0.2, -0.15) is 13.2 Å². The molecule has 0 saturated carbocycles. The minimum Gasteiger partial charge on any atom is -0.438 e. The van der Waals surface area contributed by atoms with Gasteiger partial charge in [-0.25, -0.2) is 4.79 Å². The highest BCUT2D eigenvalue weighted by Crippen LogP contribution is 2.29. The van der Waals surface area contributed by atoms with Gasteiger partial charge < -0.3 is 9.47 Å². The molecule has 3 nitrogen and oxygen atoms in total. The van der Waals surface area contributed by atoms with E-state index in [1.54, 1.807) is 0 Å². The molecule has 0 heterocycles. The summed E-state index contributed by atoms with van der Waals surface area (Å²) in [5, 5.41) is 0. The van der Waals surface area contributed by atoms with Crippen molar-refractivity contribution in [2.45, 2.75) is 6.18 Å². The van der Waals surface area contributed by atoms with Gasteiger partial charge in [-0.15, -0.1) is 0 Å². The summed E-state index contributed by atoms with van der Waals surface area (Å²) in [5.74, 6) is 0. The van der Waals surface area contributed by atoms with Gasteiger partial charge >= 0.3 is 12.3 Å². The molecule has 0 fully saturated rings. The molecular formula is C12H11F3O3. The van der Waals surface area contributed by atoms with Crippen molar-refractivity contribution in [2.24, 2.45) is 0 Å². The largest absolute Gasteiger partial charge is 0.508 e. The Labute approximate surface area is 102 Å². The molecule has 0 N–H and O–H groups in total. The van der Waals surface area contributed by atoms with Crippen LogP contribution in [0.25, 0.3) is 6.08 Å². The first kappa shape index (κ1) is 14.1. The molecule has 1 aromatic rings. The van der Waals surface area contributed by atoms with Crippen molar-refractivity contribution in [3.8, 4) is 0 Å². The Balaban J connectivity index is 2.62. The van der Waals surface area contributed by atoms with Gasteiger partial charge in [0.1, 0.15) is 6.61 Å². The Bertz CT molecular complexity index is 438. The van der Waals surface area contributed by atoms with Crippen LogP contribution in [0, 0.1) is 0 Å². The lowest BCUT2D eigenvalue weighted by atomic mass is 10.1. The summed E-state index contributed by atoms with van der Waals surface area (Å²) in [6, 6.07) is 4.82. The Morgan fingerprint density at radius 2 is 2.11 bits per heavy atom. The van der Waals surface area contributed by atoms with Gasteiger partial charge in [0.2, 0.25) is 0 Å². The third-order valence-electron chi connectivity index (χ3n) is 1.99. The number of alkyl halides is 3. The molecule has 0 saturated heterocycles. The van der Waals surface area contributed by atoms with Crippen LogP contribution in [0.2, 0.25) is 0 Å². The third-order valence-corrected chi connectivity index (χ3v) is 1.99. The molecule has 0 aromatic heterocycles. The maximum atomic E-state index is 12.4. The molecule has 0 radical (unpaired) electrons. The smallest absolute Gasteiger partial charge is 0.438 e. The minimum atomic E-state index is -4.37. The van der Waals surface area contributed by atoms with Crippen molar-refractivity contribution < 1.29 is 27.4 Å². The number of halogens is 3. The lowest BCUT2D eigenvalue weighted by Crippen LogP contribution is -2.04. The number of methoxy groups -OCH3 is 1. The molecule has 18 heavy (non-hydrogen) atoms. The fraction of sp³-hybridized carbons (Fsp3) is 0.250. The van der Waals surface area contributed by atoms with E-state index in [0.29, 0.717) is 5.56 Å². The van der Waals surface area contributed by atoms with Crippen LogP contribution in [0.4, 0.5) is 18.0 Å². The SMILES string of the molecule is COC(=O)OC/C=C/c1cccc(C(F)(F)F)c1. The van der Waals surface area contributed by atoms with Crippen molar-refractivity contribution >= 4 is 12.2 Å². The molecule has 0 aliphatic rings. The third kappa shape index (κ3) is 4.48. The van der Waals surface area contributed by atoms with Crippen LogP contribution in [-0.4, -0.2) is 19.9 Å². The highest BCUT2D eigenvalue weighted by Gasteiger charge is 2.30. The number of carbonyl (C=O) groups is 1. The van der Waals surface area contributed by atoms with Crippen LogP contribution in [0.1, 0.15) is 11.1 Å². The lowest BCUT2D eigenvalue weighted by Gasteiger charge is -2.06. The first-order chi connectivity index (χ1) is 8.43. The van der Waals surface area contributed by atoms with E-state index < -0.39 is 17.9 Å². The second kappa shape index (κ2) is 6.09. The normalized spacial score (nSPS) is 11.6. The van der Waals surface area contributed by atoms with Crippen molar-refractivity contribution in [1.82, 2.24) is 0 Å². The van der Waals surface area contributed by atoms with Gasteiger partial charge in [-0.05, 0) is 23.8 Å². The number of benzene rings is 1. The lowest BCUT2D eigenvalue weighted by molar-refractivity contribution is -0.137. The quantitative estimate of drug-likeness (QED) is 0.780. The van der Waals surface area contributed by atoms with Crippen LogP contribution in [0.15, 0.2) is 30.3 Å². The summed E-state index contributed by atoms with van der Waals surface area (Å²) in [4.78, 5) is 10.6. The highest BCUT2D eigenvalue weighted by molar-refractivity contribution is 5.60. The zero-order chi connectivity index (χ0) is 13.6. The highest BCUT2D eigenvalue weighted by atomic mass is 19.4. The summed E-state index contributed by atoms with van der Waals surface area (Å²) >= 11 is 0. The van der Waals surface area contributed by atoms with Gasteiger partial charge in [-0.1, -0.05) is 18.2 Å². The topological polar surface area (TPSA) is 35.5 Å². The van der Waals surface area contributed by atoms with Gasteiger partial charge in [0.05, 0.1) is 12.7 Å². The van der Waals surface area contributed by atoms with Crippen molar-refractivity contribution in [3.05, 3.63) is 41.5 Å². The standard InChI is InChI=1S/C12H11F3O3/c1-17-11(16)18-7-3-5-9-4-2-6-10(8-9)12(13,14)15/h2-6,8H,7H2,1H3/b5-3+. The van der Waals surface area contributed by atoms with Gasteiger partial charge in [0, 0.05) is 0 Å². The van der Waals surface area contributed by atoms with E-state index in [1.165, 1.54) is 31.4 Å². The first-order valence-corrected chi connectivity index (χ1v) is 4.98. The molecule has 1 rings (SSSR count). The van der Waals surface area contributed by atoms with Gasteiger partial charge in [0.15, 0.2) is 0 Å². The van der Waals surface area contributed by atoms with E-state index in [0.717, 1.165) is 12.1 Å². The maximum Gasteiger partial charge on any atom is 0.508 e. The van der Waals surface area contributed by atoms with Crippen LogP contribution >= 0.6 is 0 Å². The van der Waals surface area contributed by atoms with E-state index in [2.05, 4.69) is 9.47 Å². The second-order valence-corrected chi connectivity index (χ2v) is 3.29. The van der Waals surface area contributed by atoms with Crippen LogP contribution in [0.3, 0.4) is 0 Å². The van der Waals surface area contributed by atoms with E-state index in [4.69, 9.17) is 0 Å². The van der Waals surface area contributed by atoms with Gasteiger partial charge in [0.25, 0.3) is 0 Å². The minimum absolute atomic E-state index is 0.0665. The van der Waals surface area contributed by atoms with Crippen LogP contribution in [0.5, 0.6) is 0 Å². The molecule has 0 spiro atoms. The molecule has 0 atom stereocenters. The Hall–Kier alpha value is -1.98. The zero-order valence-corrected chi connectivity index (χ0v) is 9.53. The molecule has 0 aliphatic heterocycles. The van der Waals surface area contributed by atoms with Crippen molar-refractivity contribution in [3.63, 3.8) is 0 Å². The summed E-state index contributed by atoms with van der Waals surface area (Å²) < 4.78 is 46.0. The van der Waals surface area contributed by atoms with E-state index in [9.17, 15) is 18.0 Å². The predicted molar refractivity (Wildman–Crippen MR) is 58.8 cm³/mol. The Kier molecular flexibility index (Phi) is 4.76. The maximum absolute atomic E-state index is 12.4. The number of hydrogen-bond donors (Lipinski definition) is 0. The molecule has 0 unspecified atom stereocenters. The zero-order valence-electron chi connectivity index (χ0n) is 9.53.